The van der Waals surface area contributed by atoms with Gasteiger partial charge in [-0.1, -0.05) is 17.7 Å². The molecule has 4 N–H and O–H groups in total. The zero-order valence-corrected chi connectivity index (χ0v) is 9.16. The number of aliphatic hydroxyl groups excluding tert-OH is 1. The number of rotatable bonds is 4. The zero-order chi connectivity index (χ0) is 11.4. The third kappa shape index (κ3) is 2.53. The van der Waals surface area contributed by atoms with E-state index in [0.717, 1.165) is 0 Å². The summed E-state index contributed by atoms with van der Waals surface area (Å²) in [6.45, 7) is -0.0362. The van der Waals surface area contributed by atoms with Gasteiger partial charge < -0.3 is 20.7 Å². The van der Waals surface area contributed by atoms with Crippen LogP contribution in [0, 0.1) is 0 Å². The summed E-state index contributed by atoms with van der Waals surface area (Å²) in [7, 11) is 1.42. The van der Waals surface area contributed by atoms with Crippen LogP contribution in [0.1, 0.15) is 18.0 Å². The van der Waals surface area contributed by atoms with Crippen LogP contribution in [0.3, 0.4) is 0 Å². The van der Waals surface area contributed by atoms with E-state index in [1.54, 1.807) is 12.1 Å². The summed E-state index contributed by atoms with van der Waals surface area (Å²) in [5, 5.41) is 18.9. The maximum absolute atomic E-state index is 9.80. The minimum atomic E-state index is -0.429. The number of hydrogen-bond donors (Lipinski definition) is 3. The van der Waals surface area contributed by atoms with Crippen molar-refractivity contribution in [1.29, 1.82) is 0 Å². The third-order valence-corrected chi connectivity index (χ3v) is 2.46. The molecule has 0 aliphatic rings. The predicted octanol–water partition coefficient (Wildman–Crippen LogP) is 1.44. The molecule has 0 aliphatic heterocycles. The summed E-state index contributed by atoms with van der Waals surface area (Å²) in [5.41, 5.74) is 6.28. The molecule has 0 spiro atoms. The van der Waals surface area contributed by atoms with Gasteiger partial charge in [0, 0.05) is 18.2 Å². The Balaban J connectivity index is 3.09. The highest BCUT2D eigenvalue weighted by Crippen LogP contribution is 2.39. The molecular formula is C10H14ClNO3. The topological polar surface area (TPSA) is 75.7 Å². The SMILES string of the molecule is COc1c(Cl)ccc(C(N)CCO)c1O. The molecule has 1 rings (SSSR count). The van der Waals surface area contributed by atoms with E-state index in [4.69, 9.17) is 27.2 Å². The van der Waals surface area contributed by atoms with Gasteiger partial charge in [0.15, 0.2) is 11.5 Å². The molecule has 0 fully saturated rings. The Morgan fingerprint density at radius 1 is 1.53 bits per heavy atom. The minimum Gasteiger partial charge on any atom is -0.504 e. The first-order valence-electron chi connectivity index (χ1n) is 4.53. The van der Waals surface area contributed by atoms with Crippen molar-refractivity contribution < 1.29 is 14.9 Å². The number of phenols is 1. The van der Waals surface area contributed by atoms with Crippen molar-refractivity contribution in [3.8, 4) is 11.5 Å². The van der Waals surface area contributed by atoms with Crippen LogP contribution in [0.4, 0.5) is 0 Å². The van der Waals surface area contributed by atoms with Crippen molar-refractivity contribution >= 4 is 11.6 Å². The van der Waals surface area contributed by atoms with E-state index in [1.807, 2.05) is 0 Å². The van der Waals surface area contributed by atoms with Crippen LogP contribution in [-0.4, -0.2) is 23.9 Å². The van der Waals surface area contributed by atoms with Gasteiger partial charge in [0.25, 0.3) is 0 Å². The number of hydrogen-bond acceptors (Lipinski definition) is 4. The van der Waals surface area contributed by atoms with E-state index >= 15 is 0 Å². The average Bonchev–Trinajstić information content (AvgIpc) is 2.18. The van der Waals surface area contributed by atoms with Gasteiger partial charge in [0.2, 0.25) is 0 Å². The zero-order valence-electron chi connectivity index (χ0n) is 8.40. The number of ether oxygens (including phenoxy) is 1. The summed E-state index contributed by atoms with van der Waals surface area (Å²) in [6.07, 6.45) is 0.373. The molecule has 1 atom stereocenters. The van der Waals surface area contributed by atoms with E-state index in [2.05, 4.69) is 0 Å². The average molecular weight is 232 g/mol. The fraction of sp³-hybridized carbons (Fsp3) is 0.400. The van der Waals surface area contributed by atoms with Gasteiger partial charge in [-0.3, -0.25) is 0 Å². The van der Waals surface area contributed by atoms with E-state index in [0.29, 0.717) is 17.0 Å². The minimum absolute atomic E-state index is 0.0362. The van der Waals surface area contributed by atoms with Gasteiger partial charge in [-0.25, -0.2) is 0 Å². The van der Waals surface area contributed by atoms with Crippen molar-refractivity contribution in [2.75, 3.05) is 13.7 Å². The van der Waals surface area contributed by atoms with Crippen molar-refractivity contribution in [3.63, 3.8) is 0 Å². The molecule has 1 aromatic rings. The molecule has 1 unspecified atom stereocenters. The summed E-state index contributed by atoms with van der Waals surface area (Å²) in [6, 6.07) is 2.80. The molecule has 0 bridgehead atoms. The first kappa shape index (κ1) is 12.1. The normalized spacial score (nSPS) is 12.5. The number of nitrogens with two attached hydrogens (primary N) is 1. The second-order valence-electron chi connectivity index (χ2n) is 3.14. The molecule has 1 aromatic carbocycles. The van der Waals surface area contributed by atoms with Crippen molar-refractivity contribution in [1.82, 2.24) is 0 Å². The molecule has 84 valence electrons. The smallest absolute Gasteiger partial charge is 0.179 e. The summed E-state index contributed by atoms with van der Waals surface area (Å²) in [5.74, 6) is 0.147. The molecule has 15 heavy (non-hydrogen) atoms. The molecular weight excluding hydrogens is 218 g/mol. The van der Waals surface area contributed by atoms with E-state index in [-0.39, 0.29) is 18.1 Å². The van der Waals surface area contributed by atoms with E-state index < -0.39 is 6.04 Å². The highest BCUT2D eigenvalue weighted by molar-refractivity contribution is 6.32. The van der Waals surface area contributed by atoms with Crippen LogP contribution in [0.25, 0.3) is 0 Å². The number of aliphatic hydroxyl groups is 1. The summed E-state index contributed by atoms with van der Waals surface area (Å²) >= 11 is 5.81. The quantitative estimate of drug-likeness (QED) is 0.733. The summed E-state index contributed by atoms with van der Waals surface area (Å²) in [4.78, 5) is 0. The van der Waals surface area contributed by atoms with Crippen molar-refractivity contribution in [2.24, 2.45) is 5.73 Å². The van der Waals surface area contributed by atoms with E-state index in [1.165, 1.54) is 7.11 Å². The lowest BCUT2D eigenvalue weighted by Crippen LogP contribution is -2.12. The lowest BCUT2D eigenvalue weighted by molar-refractivity contribution is 0.275. The Morgan fingerprint density at radius 3 is 2.73 bits per heavy atom. The predicted molar refractivity (Wildman–Crippen MR) is 58.3 cm³/mol. The Hall–Kier alpha value is -0.970. The number of halogens is 1. The number of benzene rings is 1. The van der Waals surface area contributed by atoms with Crippen LogP contribution < -0.4 is 10.5 Å². The molecule has 0 heterocycles. The van der Waals surface area contributed by atoms with Gasteiger partial charge in [-0.2, -0.15) is 0 Å². The third-order valence-electron chi connectivity index (χ3n) is 2.16. The summed E-state index contributed by atoms with van der Waals surface area (Å²) < 4.78 is 4.94. The Morgan fingerprint density at radius 2 is 2.20 bits per heavy atom. The molecule has 0 amide bonds. The molecule has 0 radical (unpaired) electrons. The van der Waals surface area contributed by atoms with Crippen LogP contribution >= 0.6 is 11.6 Å². The number of aromatic hydroxyl groups is 1. The largest absolute Gasteiger partial charge is 0.504 e. The van der Waals surface area contributed by atoms with Crippen LogP contribution in [0.15, 0.2) is 12.1 Å². The monoisotopic (exact) mass is 231 g/mol. The van der Waals surface area contributed by atoms with E-state index in [9.17, 15) is 5.11 Å². The molecule has 0 aromatic heterocycles. The fourth-order valence-corrected chi connectivity index (χ4v) is 1.58. The molecule has 4 nitrogen and oxygen atoms in total. The van der Waals surface area contributed by atoms with Crippen LogP contribution in [0.5, 0.6) is 11.5 Å². The van der Waals surface area contributed by atoms with Crippen LogP contribution in [0.2, 0.25) is 5.02 Å². The first-order chi connectivity index (χ1) is 7.11. The number of methoxy groups -OCH3 is 1. The fourth-order valence-electron chi connectivity index (χ4n) is 1.35. The van der Waals surface area contributed by atoms with Gasteiger partial charge >= 0.3 is 0 Å². The van der Waals surface area contributed by atoms with Gasteiger partial charge in [-0.05, 0) is 12.5 Å². The second kappa shape index (κ2) is 5.21. The number of phenolic OH excluding ortho intramolecular Hbond substituents is 1. The highest BCUT2D eigenvalue weighted by Gasteiger charge is 2.16. The van der Waals surface area contributed by atoms with Gasteiger partial charge in [-0.15, -0.1) is 0 Å². The standard InChI is InChI=1S/C10H14ClNO3/c1-15-10-7(11)3-2-6(9(10)14)8(12)4-5-13/h2-3,8,13-14H,4-5,12H2,1H3. The Kier molecular flexibility index (Phi) is 4.20. The molecule has 0 aliphatic carbocycles. The van der Waals surface area contributed by atoms with Crippen molar-refractivity contribution in [3.05, 3.63) is 22.7 Å². The molecule has 0 saturated heterocycles. The van der Waals surface area contributed by atoms with Crippen molar-refractivity contribution in [2.45, 2.75) is 12.5 Å². The maximum Gasteiger partial charge on any atom is 0.179 e. The Labute approximate surface area is 93.2 Å². The second-order valence-corrected chi connectivity index (χ2v) is 3.54. The van der Waals surface area contributed by atoms with Gasteiger partial charge in [0.1, 0.15) is 0 Å². The maximum atomic E-state index is 9.80. The lowest BCUT2D eigenvalue weighted by Gasteiger charge is -2.15. The van der Waals surface area contributed by atoms with Crippen LogP contribution in [-0.2, 0) is 0 Å². The first-order valence-corrected chi connectivity index (χ1v) is 4.91. The molecule has 5 heteroatoms. The molecule has 0 saturated carbocycles. The highest BCUT2D eigenvalue weighted by atomic mass is 35.5. The van der Waals surface area contributed by atoms with Gasteiger partial charge in [0.05, 0.1) is 12.1 Å². The lowest BCUT2D eigenvalue weighted by atomic mass is 10.0. The Bertz CT molecular complexity index is 344.